The summed E-state index contributed by atoms with van der Waals surface area (Å²) in [5, 5.41) is 5.74. The van der Waals surface area contributed by atoms with Crippen molar-refractivity contribution in [2.24, 2.45) is 5.10 Å². The van der Waals surface area contributed by atoms with Gasteiger partial charge in [-0.1, -0.05) is 18.2 Å². The molecule has 0 radical (unpaired) electrons. The van der Waals surface area contributed by atoms with Gasteiger partial charge >= 0.3 is 0 Å². The van der Waals surface area contributed by atoms with E-state index in [9.17, 15) is 4.79 Å². The second kappa shape index (κ2) is 5.87. The van der Waals surface area contributed by atoms with Gasteiger partial charge in [0.15, 0.2) is 0 Å². The van der Waals surface area contributed by atoms with Crippen LogP contribution in [-0.4, -0.2) is 17.7 Å². The fraction of sp³-hybridized carbons (Fsp3) is 0.125. The van der Waals surface area contributed by atoms with Crippen LogP contribution in [0.15, 0.2) is 59.7 Å². The van der Waals surface area contributed by atoms with E-state index >= 15 is 0 Å². The molecule has 2 aromatic rings. The van der Waals surface area contributed by atoms with E-state index in [1.165, 1.54) is 5.01 Å². The highest BCUT2D eigenvalue weighted by Gasteiger charge is 2.34. The highest BCUT2D eigenvalue weighted by Crippen LogP contribution is 2.20. The van der Waals surface area contributed by atoms with Gasteiger partial charge in [-0.05, 0) is 43.3 Å². The third-order valence-corrected chi connectivity index (χ3v) is 3.40. The van der Waals surface area contributed by atoms with Crippen LogP contribution in [0.2, 0.25) is 0 Å². The van der Waals surface area contributed by atoms with Gasteiger partial charge in [0.2, 0.25) is 0 Å². The maximum absolute atomic E-state index is 12.5. The minimum absolute atomic E-state index is 0.119. The van der Waals surface area contributed by atoms with Gasteiger partial charge in [0, 0.05) is 11.4 Å². The van der Waals surface area contributed by atoms with Crippen LogP contribution < -0.4 is 21.6 Å². The average molecular weight is 295 g/mol. The predicted octanol–water partition coefficient (Wildman–Crippen LogP) is 1.98. The molecule has 1 aliphatic rings. The van der Waals surface area contributed by atoms with Gasteiger partial charge in [-0.25, -0.2) is 5.43 Å². The van der Waals surface area contributed by atoms with Crippen LogP contribution in [0.1, 0.15) is 6.92 Å². The number of carbonyl (C=O) groups excluding carboxylic acids is 1. The SMILES string of the molecule is CC1=NN(c2ccccc2)C(=O)C1NNc1ccc(N)cc1. The van der Waals surface area contributed by atoms with Gasteiger partial charge in [-0.2, -0.15) is 10.1 Å². The first kappa shape index (κ1) is 14.1. The van der Waals surface area contributed by atoms with Crippen LogP contribution in [0.5, 0.6) is 0 Å². The standard InChI is InChI=1S/C16H17N5O/c1-11-15(19-18-13-9-7-12(17)8-10-13)16(22)21(20-11)14-5-3-2-4-6-14/h2-10,15,18-19H,17H2,1H3. The summed E-state index contributed by atoms with van der Waals surface area (Å²) in [6.07, 6.45) is 0. The molecule has 0 aliphatic carbocycles. The van der Waals surface area contributed by atoms with Crippen molar-refractivity contribution in [1.29, 1.82) is 0 Å². The zero-order chi connectivity index (χ0) is 15.5. The fourth-order valence-corrected chi connectivity index (χ4v) is 2.21. The molecule has 6 nitrogen and oxygen atoms in total. The number of hydrogen-bond acceptors (Lipinski definition) is 5. The van der Waals surface area contributed by atoms with E-state index in [0.29, 0.717) is 11.4 Å². The van der Waals surface area contributed by atoms with Gasteiger partial charge < -0.3 is 11.2 Å². The first-order valence-corrected chi connectivity index (χ1v) is 6.96. The molecule has 2 aromatic carbocycles. The Balaban J connectivity index is 1.69. The molecule has 112 valence electrons. The summed E-state index contributed by atoms with van der Waals surface area (Å²) in [5.41, 5.74) is 14.6. The van der Waals surface area contributed by atoms with Crippen molar-refractivity contribution in [3.05, 3.63) is 54.6 Å². The van der Waals surface area contributed by atoms with Crippen molar-refractivity contribution in [3.63, 3.8) is 0 Å². The van der Waals surface area contributed by atoms with Crippen LogP contribution in [-0.2, 0) is 4.79 Å². The van der Waals surface area contributed by atoms with Gasteiger partial charge in [0.25, 0.3) is 5.91 Å². The highest BCUT2D eigenvalue weighted by molar-refractivity contribution is 6.18. The monoisotopic (exact) mass is 295 g/mol. The number of hydrogen-bond donors (Lipinski definition) is 3. The van der Waals surface area contributed by atoms with Crippen LogP contribution in [0.4, 0.5) is 17.1 Å². The van der Waals surface area contributed by atoms with E-state index in [4.69, 9.17) is 5.73 Å². The molecule has 6 heteroatoms. The topological polar surface area (TPSA) is 82.8 Å². The molecule has 1 amide bonds. The van der Waals surface area contributed by atoms with Gasteiger partial charge in [0.05, 0.1) is 11.4 Å². The number of hydrazine groups is 1. The molecule has 4 N–H and O–H groups in total. The molecule has 3 rings (SSSR count). The Hall–Kier alpha value is -2.86. The number of anilines is 3. The number of nitrogens with one attached hydrogen (secondary N) is 2. The third-order valence-electron chi connectivity index (χ3n) is 3.40. The molecular formula is C16H17N5O. The minimum atomic E-state index is -0.502. The Bertz CT molecular complexity index is 696. The largest absolute Gasteiger partial charge is 0.399 e. The number of hydrazone groups is 1. The normalized spacial score (nSPS) is 17.5. The van der Waals surface area contributed by atoms with Crippen molar-refractivity contribution < 1.29 is 4.79 Å². The number of carbonyl (C=O) groups is 1. The molecule has 0 saturated carbocycles. The molecular weight excluding hydrogens is 278 g/mol. The average Bonchev–Trinajstić information content (AvgIpc) is 2.82. The lowest BCUT2D eigenvalue weighted by Crippen LogP contribution is -2.45. The number of amides is 1. The summed E-state index contributed by atoms with van der Waals surface area (Å²) >= 11 is 0. The summed E-state index contributed by atoms with van der Waals surface area (Å²) in [5.74, 6) is -0.119. The zero-order valence-electron chi connectivity index (χ0n) is 12.2. The summed E-state index contributed by atoms with van der Waals surface area (Å²) in [6, 6.07) is 16.1. The molecule has 0 aromatic heterocycles. The van der Waals surface area contributed by atoms with Crippen molar-refractivity contribution in [2.45, 2.75) is 13.0 Å². The number of para-hydroxylation sites is 1. The van der Waals surface area contributed by atoms with Crippen LogP contribution in [0.3, 0.4) is 0 Å². The Labute approximate surface area is 128 Å². The maximum Gasteiger partial charge on any atom is 0.272 e. The van der Waals surface area contributed by atoms with E-state index in [2.05, 4.69) is 16.0 Å². The van der Waals surface area contributed by atoms with Crippen molar-refractivity contribution in [3.8, 4) is 0 Å². The number of nitrogen functional groups attached to an aromatic ring is 1. The van der Waals surface area contributed by atoms with E-state index in [1.807, 2.05) is 49.4 Å². The molecule has 1 unspecified atom stereocenters. The van der Waals surface area contributed by atoms with Crippen LogP contribution in [0.25, 0.3) is 0 Å². The van der Waals surface area contributed by atoms with Crippen molar-refractivity contribution >= 4 is 28.7 Å². The fourth-order valence-electron chi connectivity index (χ4n) is 2.21. The lowest BCUT2D eigenvalue weighted by Gasteiger charge is -2.16. The second-order valence-electron chi connectivity index (χ2n) is 5.05. The second-order valence-corrected chi connectivity index (χ2v) is 5.05. The summed E-state index contributed by atoms with van der Waals surface area (Å²) in [6.45, 7) is 1.82. The maximum atomic E-state index is 12.5. The van der Waals surface area contributed by atoms with Crippen LogP contribution in [0, 0.1) is 0 Å². The number of benzene rings is 2. The van der Waals surface area contributed by atoms with E-state index < -0.39 is 6.04 Å². The summed E-state index contributed by atoms with van der Waals surface area (Å²) in [7, 11) is 0. The van der Waals surface area contributed by atoms with Crippen molar-refractivity contribution in [1.82, 2.24) is 5.43 Å². The summed E-state index contributed by atoms with van der Waals surface area (Å²) in [4.78, 5) is 12.5. The minimum Gasteiger partial charge on any atom is -0.399 e. The number of rotatable bonds is 4. The quantitative estimate of drug-likeness (QED) is 0.595. The van der Waals surface area contributed by atoms with Gasteiger partial charge in [0.1, 0.15) is 6.04 Å². The smallest absolute Gasteiger partial charge is 0.272 e. The molecule has 0 bridgehead atoms. The molecule has 1 heterocycles. The molecule has 1 aliphatic heterocycles. The number of nitrogens with two attached hydrogens (primary N) is 1. The van der Waals surface area contributed by atoms with Crippen molar-refractivity contribution in [2.75, 3.05) is 16.2 Å². The predicted molar refractivity (Wildman–Crippen MR) is 88.4 cm³/mol. The first-order chi connectivity index (χ1) is 10.6. The molecule has 0 spiro atoms. The molecule has 0 fully saturated rings. The third kappa shape index (κ3) is 2.77. The lowest BCUT2D eigenvalue weighted by atomic mass is 10.2. The Morgan fingerprint density at radius 3 is 2.45 bits per heavy atom. The molecule has 0 saturated heterocycles. The van der Waals surface area contributed by atoms with E-state index in [1.54, 1.807) is 12.1 Å². The zero-order valence-corrected chi connectivity index (χ0v) is 12.2. The summed E-state index contributed by atoms with van der Waals surface area (Å²) < 4.78 is 0. The Morgan fingerprint density at radius 2 is 1.77 bits per heavy atom. The molecule has 1 atom stereocenters. The van der Waals surface area contributed by atoms with Crippen LogP contribution >= 0.6 is 0 Å². The van der Waals surface area contributed by atoms with Gasteiger partial charge in [-0.3, -0.25) is 4.79 Å². The Morgan fingerprint density at radius 1 is 1.09 bits per heavy atom. The highest BCUT2D eigenvalue weighted by atomic mass is 16.2. The Kier molecular flexibility index (Phi) is 3.76. The van der Waals surface area contributed by atoms with Gasteiger partial charge in [-0.15, -0.1) is 0 Å². The van der Waals surface area contributed by atoms with E-state index in [0.717, 1.165) is 11.4 Å². The lowest BCUT2D eigenvalue weighted by molar-refractivity contribution is -0.118. The first-order valence-electron chi connectivity index (χ1n) is 6.96. The molecule has 22 heavy (non-hydrogen) atoms. The number of nitrogens with zero attached hydrogens (tertiary/aromatic N) is 2. The van der Waals surface area contributed by atoms with E-state index in [-0.39, 0.29) is 5.91 Å².